The first-order chi connectivity index (χ1) is 14.2. The minimum absolute atomic E-state index is 0.0132. The molecular formula is C26H50O2Sn. The predicted octanol–water partition coefficient (Wildman–Crippen LogP) is 8.26. The van der Waals surface area contributed by atoms with Crippen LogP contribution in [0.15, 0.2) is 0 Å². The van der Waals surface area contributed by atoms with Crippen LogP contribution >= 0.6 is 0 Å². The Bertz CT molecular complexity index is 418. The molecule has 0 saturated carbocycles. The fraction of sp³-hybridized carbons (Fsp3) is 0.923. The molecule has 0 N–H and O–H groups in total. The monoisotopic (exact) mass is 514 g/mol. The first kappa shape index (κ1) is 27.3. The van der Waals surface area contributed by atoms with Gasteiger partial charge in [-0.25, -0.2) is 0 Å². The third kappa shape index (κ3) is 12.7. The normalized spacial score (nSPS) is 19.7. The maximum absolute atomic E-state index is 6.22. The Labute approximate surface area is 187 Å². The van der Waals surface area contributed by atoms with Gasteiger partial charge in [-0.2, -0.15) is 0 Å². The van der Waals surface area contributed by atoms with Crippen LogP contribution in [0.4, 0.5) is 0 Å². The molecule has 2 atom stereocenters. The Balaban J connectivity index is 2.51. The third-order valence-electron chi connectivity index (χ3n) is 6.41. The van der Waals surface area contributed by atoms with E-state index in [2.05, 4.69) is 37.6 Å². The zero-order valence-electron chi connectivity index (χ0n) is 20.2. The summed E-state index contributed by atoms with van der Waals surface area (Å²) in [6.45, 7) is 9.83. The summed E-state index contributed by atoms with van der Waals surface area (Å²) in [7, 11) is 0. The molecule has 0 spiro atoms. The summed E-state index contributed by atoms with van der Waals surface area (Å²) in [6.07, 6.45) is 18.5. The van der Waals surface area contributed by atoms with E-state index in [1.54, 1.807) is 0 Å². The molecule has 1 heterocycles. The van der Waals surface area contributed by atoms with Gasteiger partial charge in [-0.1, -0.05) is 6.92 Å². The molecule has 1 aliphatic rings. The quantitative estimate of drug-likeness (QED) is 0.118. The van der Waals surface area contributed by atoms with E-state index in [1.165, 1.54) is 96.8 Å². The van der Waals surface area contributed by atoms with Crippen molar-refractivity contribution in [3.8, 4) is 9.86 Å². The molecule has 3 heteroatoms. The standard InChI is InChI=1S/C14H23O2.3C4H9.Sn/c1-3-5-6-7-9-13-10-8-11-14(16-13)15-12-4-2;3*1-3-4-2;/h13-14H,3,5-12H2,1H3;3*1,3-4H2,2H3;/t13-,14-;;;;/m1..../s1. The van der Waals surface area contributed by atoms with Gasteiger partial charge in [-0.15, -0.1) is 0 Å². The van der Waals surface area contributed by atoms with Crippen LogP contribution in [-0.2, 0) is 9.47 Å². The van der Waals surface area contributed by atoms with Gasteiger partial charge in [-0.3, -0.25) is 0 Å². The topological polar surface area (TPSA) is 18.5 Å². The Morgan fingerprint density at radius 2 is 1.41 bits per heavy atom. The van der Waals surface area contributed by atoms with Crippen molar-refractivity contribution in [2.24, 2.45) is 0 Å². The molecule has 0 aromatic heterocycles. The van der Waals surface area contributed by atoms with Crippen molar-refractivity contribution in [3.05, 3.63) is 0 Å². The predicted molar refractivity (Wildman–Crippen MR) is 130 cm³/mol. The second kappa shape index (κ2) is 17.9. The van der Waals surface area contributed by atoms with E-state index in [0.717, 1.165) is 6.42 Å². The van der Waals surface area contributed by atoms with Crippen LogP contribution in [0.3, 0.4) is 0 Å². The number of rotatable bonds is 16. The molecule has 1 rings (SSSR count). The Kier molecular flexibility index (Phi) is 16.9. The van der Waals surface area contributed by atoms with E-state index in [4.69, 9.17) is 9.47 Å². The zero-order chi connectivity index (χ0) is 21.2. The number of unbranched alkanes of at least 4 members (excludes halogenated alkanes) is 6. The molecule has 0 bridgehead atoms. The summed E-state index contributed by atoms with van der Waals surface area (Å²) in [4.78, 5) is 0. The van der Waals surface area contributed by atoms with Crippen LogP contribution in [0.5, 0.6) is 0 Å². The summed E-state index contributed by atoms with van der Waals surface area (Å²) in [6, 6.07) is 0. The molecule has 2 nitrogen and oxygen atoms in total. The van der Waals surface area contributed by atoms with Gasteiger partial charge in [0.05, 0.1) is 0 Å². The molecule has 0 aromatic rings. The molecule has 1 aliphatic heterocycles. The average Bonchev–Trinajstić information content (AvgIpc) is 2.75. The Morgan fingerprint density at radius 3 is 2.00 bits per heavy atom. The summed E-state index contributed by atoms with van der Waals surface area (Å²) >= 11 is -2.32. The summed E-state index contributed by atoms with van der Waals surface area (Å²) < 4.78 is 20.6. The van der Waals surface area contributed by atoms with Gasteiger partial charge in [0.1, 0.15) is 0 Å². The van der Waals surface area contributed by atoms with Crippen LogP contribution in [-0.4, -0.2) is 37.4 Å². The SMILES string of the molecule is CCCCCC[C@@H]1CCC[C@H](OCC#[C][Sn]([CH2]CCC)([CH2]CCC)[CH2]CCC)O1. The van der Waals surface area contributed by atoms with Crippen molar-refractivity contribution < 1.29 is 9.47 Å². The van der Waals surface area contributed by atoms with E-state index >= 15 is 0 Å². The summed E-state index contributed by atoms with van der Waals surface area (Å²) in [5, 5.41) is 0. The molecule has 1 saturated heterocycles. The number of ether oxygens (including phenoxy) is 2. The van der Waals surface area contributed by atoms with Crippen LogP contribution in [0.1, 0.15) is 118 Å². The summed E-state index contributed by atoms with van der Waals surface area (Å²) in [5.41, 5.74) is 0. The second-order valence-electron chi connectivity index (χ2n) is 9.17. The van der Waals surface area contributed by atoms with Crippen molar-refractivity contribution in [2.75, 3.05) is 6.61 Å². The van der Waals surface area contributed by atoms with Crippen molar-refractivity contribution in [3.63, 3.8) is 0 Å². The van der Waals surface area contributed by atoms with Crippen LogP contribution in [0, 0.1) is 9.86 Å². The van der Waals surface area contributed by atoms with Gasteiger partial charge in [0.15, 0.2) is 0 Å². The molecule has 170 valence electrons. The molecular weight excluding hydrogens is 463 g/mol. The molecule has 0 aromatic carbocycles. The molecule has 1 fully saturated rings. The van der Waals surface area contributed by atoms with Gasteiger partial charge in [0.25, 0.3) is 0 Å². The van der Waals surface area contributed by atoms with E-state index in [0.29, 0.717) is 12.7 Å². The van der Waals surface area contributed by atoms with Crippen LogP contribution in [0.25, 0.3) is 0 Å². The molecule has 0 unspecified atom stereocenters. The van der Waals surface area contributed by atoms with E-state index in [1.807, 2.05) is 0 Å². The third-order valence-corrected chi connectivity index (χ3v) is 19.7. The van der Waals surface area contributed by atoms with Crippen molar-refractivity contribution in [1.29, 1.82) is 0 Å². The first-order valence-electron chi connectivity index (χ1n) is 13.0. The van der Waals surface area contributed by atoms with E-state index < -0.39 is 18.4 Å². The Hall–Kier alpha value is 0.279. The van der Waals surface area contributed by atoms with Gasteiger partial charge in [-0.05, 0) is 0 Å². The van der Waals surface area contributed by atoms with Crippen molar-refractivity contribution >= 4 is 18.4 Å². The van der Waals surface area contributed by atoms with E-state index in [-0.39, 0.29) is 6.29 Å². The van der Waals surface area contributed by atoms with Gasteiger partial charge < -0.3 is 0 Å². The van der Waals surface area contributed by atoms with Crippen molar-refractivity contribution in [2.45, 2.75) is 143 Å². The van der Waals surface area contributed by atoms with Crippen LogP contribution < -0.4 is 0 Å². The van der Waals surface area contributed by atoms with Gasteiger partial charge >= 0.3 is 181 Å². The number of hydrogen-bond acceptors (Lipinski definition) is 2. The second-order valence-corrected chi connectivity index (χ2v) is 21.5. The fourth-order valence-corrected chi connectivity index (χ4v) is 17.8. The Morgan fingerprint density at radius 1 is 0.793 bits per heavy atom. The molecule has 0 radical (unpaired) electrons. The van der Waals surface area contributed by atoms with Crippen molar-refractivity contribution in [1.82, 2.24) is 0 Å². The van der Waals surface area contributed by atoms with Gasteiger partial charge in [0, 0.05) is 0 Å². The average molecular weight is 513 g/mol. The van der Waals surface area contributed by atoms with E-state index in [9.17, 15) is 0 Å². The van der Waals surface area contributed by atoms with Crippen LogP contribution in [0.2, 0.25) is 13.3 Å². The molecule has 0 aliphatic carbocycles. The van der Waals surface area contributed by atoms with Gasteiger partial charge in [0.2, 0.25) is 0 Å². The molecule has 29 heavy (non-hydrogen) atoms. The minimum atomic E-state index is -2.32. The number of hydrogen-bond donors (Lipinski definition) is 0. The molecule has 0 amide bonds. The maximum atomic E-state index is 6.22. The first-order valence-corrected chi connectivity index (χ1v) is 20.4. The zero-order valence-corrected chi connectivity index (χ0v) is 23.1. The fourth-order valence-electron chi connectivity index (χ4n) is 4.46. The summed E-state index contributed by atoms with van der Waals surface area (Å²) in [5.74, 6) is 3.52.